The lowest BCUT2D eigenvalue weighted by Crippen LogP contribution is -1.86. The van der Waals surface area contributed by atoms with Gasteiger partial charge in [-0.2, -0.15) is 0 Å². The molecule has 1 heterocycles. The SMILES string of the molecule is CNc1ccc(-c2nc3ccc(O)c(I)c3s2)cc1. The normalized spacial score (nSPS) is 10.8. The Hall–Kier alpha value is -1.34. The first-order valence-electron chi connectivity index (χ1n) is 5.75. The molecule has 3 nitrogen and oxygen atoms in total. The predicted molar refractivity (Wildman–Crippen MR) is 89.0 cm³/mol. The maximum Gasteiger partial charge on any atom is 0.130 e. The Balaban J connectivity index is 2.12. The summed E-state index contributed by atoms with van der Waals surface area (Å²) in [4.78, 5) is 4.62. The summed E-state index contributed by atoms with van der Waals surface area (Å²) in [6.07, 6.45) is 0. The van der Waals surface area contributed by atoms with Crippen LogP contribution >= 0.6 is 33.9 Å². The molecule has 0 unspecified atom stereocenters. The number of phenolic OH excluding ortho intramolecular Hbond substituents is 1. The fourth-order valence-corrected chi connectivity index (χ4v) is 3.64. The van der Waals surface area contributed by atoms with Crippen molar-refractivity contribution in [2.24, 2.45) is 0 Å². The van der Waals surface area contributed by atoms with E-state index in [0.717, 1.165) is 30.0 Å². The number of aromatic nitrogens is 1. The first-order valence-corrected chi connectivity index (χ1v) is 7.65. The van der Waals surface area contributed by atoms with Crippen LogP contribution in [-0.4, -0.2) is 17.1 Å². The lowest BCUT2D eigenvalue weighted by Gasteiger charge is -2.00. The molecule has 3 rings (SSSR count). The van der Waals surface area contributed by atoms with Crippen LogP contribution < -0.4 is 5.32 Å². The highest BCUT2D eigenvalue weighted by Crippen LogP contribution is 2.36. The number of nitrogens with one attached hydrogen (secondary N) is 1. The topological polar surface area (TPSA) is 45.2 Å². The molecule has 96 valence electrons. The highest BCUT2D eigenvalue weighted by Gasteiger charge is 2.11. The highest BCUT2D eigenvalue weighted by atomic mass is 127. The Kier molecular flexibility index (Phi) is 3.32. The Morgan fingerprint density at radius 3 is 2.58 bits per heavy atom. The average Bonchev–Trinajstić information content (AvgIpc) is 2.88. The van der Waals surface area contributed by atoms with Crippen molar-refractivity contribution in [3.63, 3.8) is 0 Å². The number of hydrogen-bond donors (Lipinski definition) is 2. The summed E-state index contributed by atoms with van der Waals surface area (Å²) in [5, 5.41) is 13.8. The first-order chi connectivity index (χ1) is 9.19. The van der Waals surface area contributed by atoms with Crippen LogP contribution in [0.5, 0.6) is 5.75 Å². The van der Waals surface area contributed by atoms with E-state index in [1.807, 2.05) is 25.2 Å². The minimum absolute atomic E-state index is 0.314. The fraction of sp³-hybridized carbons (Fsp3) is 0.0714. The lowest BCUT2D eigenvalue weighted by molar-refractivity contribution is 0.472. The van der Waals surface area contributed by atoms with Crippen LogP contribution in [-0.2, 0) is 0 Å². The van der Waals surface area contributed by atoms with Crippen molar-refractivity contribution >= 4 is 49.8 Å². The van der Waals surface area contributed by atoms with Crippen molar-refractivity contribution in [3.05, 3.63) is 40.0 Å². The third-order valence-corrected chi connectivity index (χ3v) is 5.49. The van der Waals surface area contributed by atoms with Crippen LogP contribution in [0.2, 0.25) is 0 Å². The van der Waals surface area contributed by atoms with Crippen LogP contribution in [0.4, 0.5) is 5.69 Å². The van der Waals surface area contributed by atoms with Crippen molar-refractivity contribution in [3.8, 4) is 16.3 Å². The van der Waals surface area contributed by atoms with Crippen LogP contribution in [0.1, 0.15) is 0 Å². The lowest BCUT2D eigenvalue weighted by atomic mass is 10.2. The van der Waals surface area contributed by atoms with Gasteiger partial charge in [0.1, 0.15) is 10.8 Å². The molecule has 0 saturated heterocycles. The summed E-state index contributed by atoms with van der Waals surface area (Å²) < 4.78 is 1.90. The number of anilines is 1. The minimum Gasteiger partial charge on any atom is -0.507 e. The summed E-state index contributed by atoms with van der Waals surface area (Å²) in [5.41, 5.74) is 3.10. The molecular formula is C14H11IN2OS. The molecule has 0 aliphatic rings. The molecule has 2 N–H and O–H groups in total. The minimum atomic E-state index is 0.314. The number of rotatable bonds is 2. The van der Waals surface area contributed by atoms with Crippen LogP contribution in [0.15, 0.2) is 36.4 Å². The van der Waals surface area contributed by atoms with Crippen molar-refractivity contribution in [1.29, 1.82) is 0 Å². The second-order valence-electron chi connectivity index (χ2n) is 4.09. The monoisotopic (exact) mass is 382 g/mol. The average molecular weight is 382 g/mol. The number of phenols is 1. The molecule has 5 heteroatoms. The van der Waals surface area contributed by atoms with Crippen molar-refractivity contribution in [1.82, 2.24) is 4.98 Å². The Morgan fingerprint density at radius 1 is 1.16 bits per heavy atom. The summed E-state index contributed by atoms with van der Waals surface area (Å²) in [7, 11) is 1.90. The fourth-order valence-electron chi connectivity index (χ4n) is 1.85. The van der Waals surface area contributed by atoms with Gasteiger partial charge in [0.25, 0.3) is 0 Å². The number of thiazole rings is 1. The number of benzene rings is 2. The van der Waals surface area contributed by atoms with Crippen LogP contribution in [0, 0.1) is 3.57 Å². The first kappa shape index (κ1) is 12.7. The predicted octanol–water partition coefficient (Wildman–Crippen LogP) is 4.32. The van der Waals surface area contributed by atoms with Gasteiger partial charge < -0.3 is 10.4 Å². The molecule has 0 atom stereocenters. The van der Waals surface area contributed by atoms with Crippen LogP contribution in [0.3, 0.4) is 0 Å². The molecule has 0 amide bonds. The van der Waals surface area contributed by atoms with E-state index in [2.05, 4.69) is 45.0 Å². The van der Waals surface area contributed by atoms with Gasteiger partial charge in [-0.3, -0.25) is 0 Å². The third-order valence-electron chi connectivity index (χ3n) is 2.90. The zero-order valence-corrected chi connectivity index (χ0v) is 13.1. The van der Waals surface area contributed by atoms with Crippen molar-refractivity contribution in [2.45, 2.75) is 0 Å². The summed E-state index contributed by atoms with van der Waals surface area (Å²) >= 11 is 3.76. The largest absolute Gasteiger partial charge is 0.507 e. The number of halogens is 1. The Labute approximate surface area is 128 Å². The van der Waals surface area contributed by atoms with E-state index < -0.39 is 0 Å². The maximum atomic E-state index is 9.73. The number of hydrogen-bond acceptors (Lipinski definition) is 4. The van der Waals surface area contributed by atoms with Gasteiger partial charge in [-0.15, -0.1) is 11.3 Å². The van der Waals surface area contributed by atoms with Gasteiger partial charge in [-0.1, -0.05) is 0 Å². The van der Waals surface area contributed by atoms with Gasteiger partial charge in [-0.25, -0.2) is 4.98 Å². The Morgan fingerprint density at radius 2 is 1.89 bits per heavy atom. The zero-order chi connectivity index (χ0) is 13.4. The van der Waals surface area contributed by atoms with E-state index in [1.165, 1.54) is 0 Å². The van der Waals surface area contributed by atoms with E-state index in [4.69, 9.17) is 0 Å². The van der Waals surface area contributed by atoms with E-state index >= 15 is 0 Å². The summed E-state index contributed by atoms with van der Waals surface area (Å²) in [5.74, 6) is 0.314. The molecule has 0 radical (unpaired) electrons. The molecule has 1 aromatic heterocycles. The van der Waals surface area contributed by atoms with Gasteiger partial charge in [0, 0.05) is 18.3 Å². The number of aromatic hydroxyl groups is 1. The molecule has 0 aliphatic carbocycles. The molecule has 3 aromatic rings. The molecule has 2 aromatic carbocycles. The molecule has 0 aliphatic heterocycles. The molecule has 0 fully saturated rings. The second-order valence-corrected chi connectivity index (χ2v) is 6.17. The van der Waals surface area contributed by atoms with Crippen LogP contribution in [0.25, 0.3) is 20.8 Å². The highest BCUT2D eigenvalue weighted by molar-refractivity contribution is 14.1. The smallest absolute Gasteiger partial charge is 0.130 e. The third kappa shape index (κ3) is 2.28. The van der Waals surface area contributed by atoms with E-state index in [9.17, 15) is 5.11 Å². The van der Waals surface area contributed by atoms with Crippen molar-refractivity contribution < 1.29 is 5.11 Å². The van der Waals surface area contributed by atoms with Gasteiger partial charge >= 0.3 is 0 Å². The van der Waals surface area contributed by atoms with E-state index in [-0.39, 0.29) is 0 Å². The standard InChI is InChI=1S/C14H11IN2OS/c1-16-9-4-2-8(3-5-9)14-17-10-6-7-11(18)12(15)13(10)19-14/h2-7,16,18H,1H3. The molecular weight excluding hydrogens is 371 g/mol. The molecule has 19 heavy (non-hydrogen) atoms. The van der Waals surface area contributed by atoms with E-state index in [1.54, 1.807) is 17.4 Å². The van der Waals surface area contributed by atoms with Crippen molar-refractivity contribution in [2.75, 3.05) is 12.4 Å². The van der Waals surface area contributed by atoms with Gasteiger partial charge in [-0.05, 0) is 59.0 Å². The molecule has 0 saturated carbocycles. The van der Waals surface area contributed by atoms with Gasteiger partial charge in [0.05, 0.1) is 13.8 Å². The maximum absolute atomic E-state index is 9.73. The molecule has 0 spiro atoms. The van der Waals surface area contributed by atoms with Gasteiger partial charge in [0.2, 0.25) is 0 Å². The van der Waals surface area contributed by atoms with Gasteiger partial charge in [0.15, 0.2) is 0 Å². The zero-order valence-electron chi connectivity index (χ0n) is 10.1. The quantitative estimate of drug-likeness (QED) is 0.649. The molecule has 0 bridgehead atoms. The summed E-state index contributed by atoms with van der Waals surface area (Å²) in [6, 6.07) is 11.7. The number of fused-ring (bicyclic) bond motifs is 1. The Bertz CT molecular complexity index is 737. The number of nitrogens with zero attached hydrogens (tertiary/aromatic N) is 1. The van der Waals surface area contributed by atoms with E-state index in [0.29, 0.717) is 5.75 Å². The summed E-state index contributed by atoms with van der Waals surface area (Å²) in [6.45, 7) is 0. The second kappa shape index (κ2) is 4.97.